The molecule has 0 saturated heterocycles. The molecule has 0 aliphatic carbocycles. The first kappa shape index (κ1) is 11.2. The van der Waals surface area contributed by atoms with Crippen LogP contribution in [0.15, 0.2) is 36.7 Å². The summed E-state index contributed by atoms with van der Waals surface area (Å²) < 4.78 is 7.39. The maximum atomic E-state index is 10.7. The molecule has 17 heavy (non-hydrogen) atoms. The Kier molecular flexibility index (Phi) is 3.09. The number of rotatable bonds is 4. The molecule has 0 amide bonds. The standard InChI is InChI=1S/C12H12N2O3/c1-2-14-8-7-13-12(14)17-10-5-3-9(4-6-10)11(15)16/h3-8H,2H2,1H3,(H,15,16). The van der Waals surface area contributed by atoms with Gasteiger partial charge in [0.15, 0.2) is 0 Å². The largest absolute Gasteiger partial charge is 0.478 e. The molecule has 0 unspecified atom stereocenters. The summed E-state index contributed by atoms with van der Waals surface area (Å²) in [5.74, 6) is -0.387. The Labute approximate surface area is 98.3 Å². The lowest BCUT2D eigenvalue weighted by Crippen LogP contribution is -1.98. The van der Waals surface area contributed by atoms with Crippen molar-refractivity contribution in [1.29, 1.82) is 0 Å². The Morgan fingerprint density at radius 3 is 2.71 bits per heavy atom. The van der Waals surface area contributed by atoms with Gasteiger partial charge in [0.1, 0.15) is 5.75 Å². The van der Waals surface area contributed by atoms with Crippen molar-refractivity contribution in [2.75, 3.05) is 0 Å². The minimum atomic E-state index is -0.952. The highest BCUT2D eigenvalue weighted by Crippen LogP contribution is 2.20. The van der Waals surface area contributed by atoms with E-state index < -0.39 is 5.97 Å². The molecule has 2 rings (SSSR count). The van der Waals surface area contributed by atoms with Gasteiger partial charge in [-0.3, -0.25) is 0 Å². The van der Waals surface area contributed by atoms with Crippen LogP contribution in [0.1, 0.15) is 17.3 Å². The van der Waals surface area contributed by atoms with E-state index in [4.69, 9.17) is 9.84 Å². The lowest BCUT2D eigenvalue weighted by molar-refractivity contribution is 0.0697. The fourth-order valence-electron chi connectivity index (χ4n) is 1.41. The van der Waals surface area contributed by atoms with Crippen molar-refractivity contribution in [3.8, 4) is 11.8 Å². The molecule has 5 nitrogen and oxygen atoms in total. The Morgan fingerprint density at radius 1 is 1.41 bits per heavy atom. The summed E-state index contributed by atoms with van der Waals surface area (Å²) in [5, 5.41) is 8.76. The number of carboxylic acids is 1. The normalized spacial score (nSPS) is 10.2. The lowest BCUT2D eigenvalue weighted by Gasteiger charge is -2.06. The quantitative estimate of drug-likeness (QED) is 0.879. The number of aromatic nitrogens is 2. The highest BCUT2D eigenvalue weighted by molar-refractivity contribution is 5.87. The summed E-state index contributed by atoms with van der Waals surface area (Å²) in [4.78, 5) is 14.7. The smallest absolute Gasteiger partial charge is 0.335 e. The zero-order valence-electron chi connectivity index (χ0n) is 9.33. The van der Waals surface area contributed by atoms with Gasteiger partial charge in [0.05, 0.1) is 5.56 Å². The molecule has 2 aromatic rings. The first-order chi connectivity index (χ1) is 8.20. The summed E-state index contributed by atoms with van der Waals surface area (Å²) in [6, 6.07) is 6.71. The molecule has 1 aromatic carbocycles. The van der Waals surface area contributed by atoms with Crippen molar-refractivity contribution in [2.24, 2.45) is 0 Å². The van der Waals surface area contributed by atoms with Gasteiger partial charge in [0.25, 0.3) is 0 Å². The van der Waals surface area contributed by atoms with E-state index in [1.807, 2.05) is 17.7 Å². The third-order valence-electron chi connectivity index (χ3n) is 2.33. The molecule has 0 aliphatic rings. The highest BCUT2D eigenvalue weighted by Gasteiger charge is 2.05. The van der Waals surface area contributed by atoms with Crippen molar-refractivity contribution in [3.05, 3.63) is 42.2 Å². The molecule has 0 spiro atoms. The number of carboxylic acid groups (broad SMARTS) is 1. The van der Waals surface area contributed by atoms with Crippen LogP contribution in [-0.2, 0) is 6.54 Å². The Balaban J connectivity index is 2.16. The topological polar surface area (TPSA) is 64.4 Å². The fraction of sp³-hybridized carbons (Fsp3) is 0.167. The van der Waals surface area contributed by atoms with Gasteiger partial charge in [-0.15, -0.1) is 0 Å². The van der Waals surface area contributed by atoms with Gasteiger partial charge >= 0.3 is 12.0 Å². The molecular formula is C12H12N2O3. The minimum absolute atomic E-state index is 0.233. The van der Waals surface area contributed by atoms with E-state index in [0.717, 1.165) is 6.54 Å². The number of carbonyl (C=O) groups is 1. The van der Waals surface area contributed by atoms with E-state index in [1.165, 1.54) is 12.1 Å². The second-order valence-corrected chi connectivity index (χ2v) is 3.43. The Bertz CT molecular complexity index is 517. The monoisotopic (exact) mass is 232 g/mol. The van der Waals surface area contributed by atoms with Crippen molar-refractivity contribution >= 4 is 5.97 Å². The first-order valence-electron chi connectivity index (χ1n) is 5.23. The molecule has 0 radical (unpaired) electrons. The van der Waals surface area contributed by atoms with Crippen LogP contribution in [0.2, 0.25) is 0 Å². The van der Waals surface area contributed by atoms with Crippen LogP contribution in [-0.4, -0.2) is 20.6 Å². The van der Waals surface area contributed by atoms with Crippen LogP contribution in [0.5, 0.6) is 11.8 Å². The van der Waals surface area contributed by atoms with Crippen LogP contribution < -0.4 is 4.74 Å². The van der Waals surface area contributed by atoms with Gasteiger partial charge in [-0.25, -0.2) is 9.78 Å². The average Bonchev–Trinajstić information content (AvgIpc) is 2.77. The second kappa shape index (κ2) is 4.69. The van der Waals surface area contributed by atoms with Crippen molar-refractivity contribution in [2.45, 2.75) is 13.5 Å². The molecule has 0 fully saturated rings. The third-order valence-corrected chi connectivity index (χ3v) is 2.33. The molecule has 1 heterocycles. The number of hydrogen-bond acceptors (Lipinski definition) is 3. The molecule has 1 aromatic heterocycles. The molecule has 0 atom stereocenters. The Morgan fingerprint density at radius 2 is 2.12 bits per heavy atom. The number of benzene rings is 1. The molecule has 0 bridgehead atoms. The summed E-state index contributed by atoms with van der Waals surface area (Å²) >= 11 is 0. The zero-order chi connectivity index (χ0) is 12.3. The molecular weight excluding hydrogens is 220 g/mol. The SMILES string of the molecule is CCn1ccnc1Oc1ccc(C(=O)O)cc1. The van der Waals surface area contributed by atoms with E-state index in [-0.39, 0.29) is 5.56 Å². The minimum Gasteiger partial charge on any atom is -0.478 e. The van der Waals surface area contributed by atoms with Crippen LogP contribution in [0.25, 0.3) is 0 Å². The molecule has 88 valence electrons. The lowest BCUT2D eigenvalue weighted by atomic mass is 10.2. The summed E-state index contributed by atoms with van der Waals surface area (Å²) in [6.07, 6.45) is 3.48. The predicted molar refractivity (Wildman–Crippen MR) is 61.4 cm³/mol. The number of imidazole rings is 1. The average molecular weight is 232 g/mol. The van der Waals surface area contributed by atoms with Gasteiger partial charge < -0.3 is 14.4 Å². The number of hydrogen-bond donors (Lipinski definition) is 1. The molecule has 0 aliphatic heterocycles. The van der Waals surface area contributed by atoms with E-state index in [0.29, 0.717) is 11.8 Å². The predicted octanol–water partition coefficient (Wildman–Crippen LogP) is 2.39. The second-order valence-electron chi connectivity index (χ2n) is 3.43. The summed E-state index contributed by atoms with van der Waals surface area (Å²) in [7, 11) is 0. The molecule has 5 heteroatoms. The summed E-state index contributed by atoms with van der Waals surface area (Å²) in [6.45, 7) is 2.75. The number of nitrogens with zero attached hydrogens (tertiary/aromatic N) is 2. The number of ether oxygens (including phenoxy) is 1. The first-order valence-corrected chi connectivity index (χ1v) is 5.23. The van der Waals surface area contributed by atoms with Crippen LogP contribution >= 0.6 is 0 Å². The van der Waals surface area contributed by atoms with Gasteiger partial charge in [-0.1, -0.05) is 0 Å². The highest BCUT2D eigenvalue weighted by atomic mass is 16.5. The van der Waals surface area contributed by atoms with Gasteiger partial charge in [0, 0.05) is 18.9 Å². The maximum absolute atomic E-state index is 10.7. The molecule has 1 N–H and O–H groups in total. The number of aromatic carboxylic acids is 1. The van der Waals surface area contributed by atoms with Crippen LogP contribution in [0, 0.1) is 0 Å². The van der Waals surface area contributed by atoms with E-state index >= 15 is 0 Å². The summed E-state index contributed by atoms with van der Waals surface area (Å²) in [5.41, 5.74) is 0.233. The van der Waals surface area contributed by atoms with Crippen molar-refractivity contribution < 1.29 is 14.6 Å². The van der Waals surface area contributed by atoms with Gasteiger partial charge in [-0.05, 0) is 31.2 Å². The van der Waals surface area contributed by atoms with Crippen molar-refractivity contribution in [1.82, 2.24) is 9.55 Å². The van der Waals surface area contributed by atoms with E-state index in [1.54, 1.807) is 18.3 Å². The maximum Gasteiger partial charge on any atom is 0.335 e. The third kappa shape index (κ3) is 2.44. The van der Waals surface area contributed by atoms with Gasteiger partial charge in [0.2, 0.25) is 0 Å². The van der Waals surface area contributed by atoms with Crippen LogP contribution in [0.3, 0.4) is 0 Å². The molecule has 0 saturated carbocycles. The van der Waals surface area contributed by atoms with Gasteiger partial charge in [-0.2, -0.15) is 0 Å². The van der Waals surface area contributed by atoms with Crippen molar-refractivity contribution in [3.63, 3.8) is 0 Å². The van der Waals surface area contributed by atoms with E-state index in [9.17, 15) is 4.79 Å². The van der Waals surface area contributed by atoms with Crippen LogP contribution in [0.4, 0.5) is 0 Å². The zero-order valence-corrected chi connectivity index (χ0v) is 9.33. The Hall–Kier alpha value is -2.30. The van der Waals surface area contributed by atoms with E-state index in [2.05, 4.69) is 4.98 Å². The number of aryl methyl sites for hydroxylation is 1. The fourth-order valence-corrected chi connectivity index (χ4v) is 1.41.